The molecule has 4 nitrogen and oxygen atoms in total. The van der Waals surface area contributed by atoms with Crippen LogP contribution in [0.25, 0.3) is 11.3 Å². The van der Waals surface area contributed by atoms with Gasteiger partial charge in [-0.2, -0.15) is 0 Å². The van der Waals surface area contributed by atoms with E-state index >= 15 is 0 Å². The lowest BCUT2D eigenvalue weighted by atomic mass is 9.91. The summed E-state index contributed by atoms with van der Waals surface area (Å²) in [5.41, 5.74) is 2.83. The van der Waals surface area contributed by atoms with E-state index < -0.39 is 6.36 Å². The lowest BCUT2D eigenvalue weighted by molar-refractivity contribution is -0.274. The number of nitrogens with zero attached hydrogens (tertiary/aromatic N) is 1. The molecule has 3 aromatic rings. The van der Waals surface area contributed by atoms with E-state index in [1.54, 1.807) is 12.1 Å². The molecule has 6 rings (SSSR count). The average Bonchev–Trinajstić information content (AvgIpc) is 3.80. The molecule has 3 aliphatic carbocycles. The van der Waals surface area contributed by atoms with Gasteiger partial charge in [0, 0.05) is 20.6 Å². The summed E-state index contributed by atoms with van der Waals surface area (Å²) in [6.45, 7) is 0.292. The molecule has 202 valence electrons. The van der Waals surface area contributed by atoms with Crippen LogP contribution >= 0.6 is 22.6 Å². The number of ether oxygens (including phenoxy) is 2. The summed E-state index contributed by atoms with van der Waals surface area (Å²) < 4.78 is 56.9. The van der Waals surface area contributed by atoms with E-state index in [1.165, 1.54) is 34.1 Å². The fourth-order valence-electron chi connectivity index (χ4n) is 6.12. The first-order valence-corrected chi connectivity index (χ1v) is 14.6. The van der Waals surface area contributed by atoms with Crippen LogP contribution in [0.1, 0.15) is 67.8 Å². The summed E-state index contributed by atoms with van der Waals surface area (Å²) in [7, 11) is 0. The van der Waals surface area contributed by atoms with Crippen LogP contribution in [0.15, 0.2) is 53.1 Å². The highest BCUT2D eigenvalue weighted by Crippen LogP contribution is 2.53. The zero-order valence-corrected chi connectivity index (χ0v) is 23.2. The van der Waals surface area contributed by atoms with Crippen molar-refractivity contribution in [3.05, 3.63) is 69.0 Å². The number of fused-ring (bicyclic) bond motifs is 1. The minimum atomic E-state index is -4.79. The summed E-state index contributed by atoms with van der Waals surface area (Å²) >= 11 is 2.34. The second-order valence-electron chi connectivity index (χ2n) is 11.0. The number of halogens is 4. The van der Waals surface area contributed by atoms with Crippen LogP contribution in [0.4, 0.5) is 13.2 Å². The molecule has 0 aliphatic heterocycles. The Bertz CT molecular complexity index is 1250. The largest absolute Gasteiger partial charge is 0.573 e. The molecule has 0 amide bonds. The summed E-state index contributed by atoms with van der Waals surface area (Å²) in [4.78, 5) is 0. The van der Waals surface area contributed by atoms with Gasteiger partial charge in [-0.25, -0.2) is 0 Å². The Morgan fingerprint density at radius 3 is 2.53 bits per heavy atom. The molecule has 2 aromatic carbocycles. The summed E-state index contributed by atoms with van der Waals surface area (Å²) in [5, 5.41) is 4.21. The lowest BCUT2D eigenvalue weighted by Crippen LogP contribution is -2.17. The van der Waals surface area contributed by atoms with E-state index in [9.17, 15) is 13.2 Å². The van der Waals surface area contributed by atoms with Crippen LogP contribution < -0.4 is 4.74 Å². The molecule has 1 aromatic heterocycles. The molecule has 0 bridgehead atoms. The van der Waals surface area contributed by atoms with Crippen LogP contribution in [0, 0.1) is 21.3 Å². The molecule has 0 saturated heterocycles. The highest BCUT2D eigenvalue weighted by molar-refractivity contribution is 14.1. The highest BCUT2D eigenvalue weighted by atomic mass is 127. The minimum absolute atomic E-state index is 0.143. The van der Waals surface area contributed by atoms with Crippen LogP contribution in [-0.4, -0.2) is 17.6 Å². The quantitative estimate of drug-likeness (QED) is 0.220. The Balaban J connectivity index is 1.13. The molecular weight excluding hydrogens is 606 g/mol. The van der Waals surface area contributed by atoms with Crippen molar-refractivity contribution in [3.63, 3.8) is 0 Å². The molecule has 0 N–H and O–H groups in total. The topological polar surface area (TPSA) is 44.5 Å². The van der Waals surface area contributed by atoms with Crippen LogP contribution in [0.2, 0.25) is 0 Å². The second kappa shape index (κ2) is 10.8. The molecule has 0 spiro atoms. The van der Waals surface area contributed by atoms with Crippen molar-refractivity contribution in [3.8, 4) is 17.0 Å². The third-order valence-corrected chi connectivity index (χ3v) is 9.04. The number of alkyl halides is 3. The summed E-state index contributed by atoms with van der Waals surface area (Å²) in [6, 6.07) is 14.9. The normalized spacial score (nSPS) is 25.1. The minimum Gasteiger partial charge on any atom is -0.405 e. The van der Waals surface area contributed by atoms with Crippen LogP contribution in [-0.2, 0) is 17.8 Å². The van der Waals surface area contributed by atoms with E-state index in [0.717, 1.165) is 67.6 Å². The van der Waals surface area contributed by atoms with Crippen molar-refractivity contribution in [2.24, 2.45) is 17.8 Å². The smallest absolute Gasteiger partial charge is 0.405 e. The number of benzene rings is 2. The summed E-state index contributed by atoms with van der Waals surface area (Å²) in [6.07, 6.45) is 4.19. The zero-order valence-electron chi connectivity index (χ0n) is 21.1. The Morgan fingerprint density at radius 2 is 1.76 bits per heavy atom. The monoisotopic (exact) mass is 637 g/mol. The molecule has 3 fully saturated rings. The Kier molecular flexibility index (Phi) is 7.46. The van der Waals surface area contributed by atoms with Crippen molar-refractivity contribution < 1.29 is 27.2 Å². The fourth-order valence-corrected chi connectivity index (χ4v) is 6.48. The van der Waals surface area contributed by atoms with Gasteiger partial charge >= 0.3 is 6.36 Å². The van der Waals surface area contributed by atoms with Gasteiger partial charge in [0.15, 0.2) is 0 Å². The van der Waals surface area contributed by atoms with Crippen molar-refractivity contribution in [1.29, 1.82) is 0 Å². The van der Waals surface area contributed by atoms with Gasteiger partial charge in [-0.1, -0.05) is 29.4 Å². The maximum Gasteiger partial charge on any atom is 0.573 e. The lowest BCUT2D eigenvalue weighted by Gasteiger charge is -2.19. The van der Waals surface area contributed by atoms with Crippen molar-refractivity contribution in [1.82, 2.24) is 5.16 Å². The Labute approximate surface area is 234 Å². The van der Waals surface area contributed by atoms with Crippen molar-refractivity contribution >= 4 is 22.6 Å². The number of rotatable bonds is 9. The Morgan fingerprint density at radius 1 is 0.974 bits per heavy atom. The van der Waals surface area contributed by atoms with Gasteiger partial charge in [-0.05, 0) is 122 Å². The third kappa shape index (κ3) is 6.22. The number of hydrogen-bond donors (Lipinski definition) is 0. The number of para-hydroxylation sites is 1. The SMILES string of the molecule is FC(F)(F)Oc1ccccc1-c1noc(C2CC2)c1CO[C@@H]1CCC(CCc2ccc(I)cc2)C2C[C@@H]2C1. The predicted octanol–water partition coefficient (Wildman–Crippen LogP) is 8.68. The van der Waals surface area contributed by atoms with E-state index in [4.69, 9.17) is 9.26 Å². The van der Waals surface area contributed by atoms with Gasteiger partial charge in [0.1, 0.15) is 17.2 Å². The molecule has 2 unspecified atom stereocenters. The summed E-state index contributed by atoms with van der Waals surface area (Å²) in [5.74, 6) is 2.98. The van der Waals surface area contributed by atoms with E-state index in [0.29, 0.717) is 12.3 Å². The first-order valence-electron chi connectivity index (χ1n) is 13.5. The maximum absolute atomic E-state index is 13.1. The number of aryl methyl sites for hydroxylation is 1. The van der Waals surface area contributed by atoms with Gasteiger partial charge in [0.25, 0.3) is 0 Å². The fraction of sp³-hybridized carbons (Fsp3) is 0.500. The van der Waals surface area contributed by atoms with E-state index in [1.807, 2.05) is 0 Å². The molecule has 8 heteroatoms. The predicted molar refractivity (Wildman–Crippen MR) is 146 cm³/mol. The van der Waals surface area contributed by atoms with E-state index in [-0.39, 0.29) is 23.3 Å². The molecule has 3 saturated carbocycles. The molecule has 3 aliphatic rings. The first kappa shape index (κ1) is 26.2. The molecular formula is C30H31F3INO3. The molecule has 0 radical (unpaired) electrons. The molecule has 4 atom stereocenters. The zero-order chi connectivity index (χ0) is 26.3. The van der Waals surface area contributed by atoms with Gasteiger partial charge in [-0.15, -0.1) is 13.2 Å². The number of aromatic nitrogens is 1. The molecule has 38 heavy (non-hydrogen) atoms. The first-order chi connectivity index (χ1) is 18.3. The third-order valence-electron chi connectivity index (χ3n) is 8.32. The van der Waals surface area contributed by atoms with E-state index in [2.05, 4.69) is 56.7 Å². The van der Waals surface area contributed by atoms with Gasteiger partial charge < -0.3 is 14.0 Å². The van der Waals surface area contributed by atoms with Crippen LogP contribution in [0.5, 0.6) is 5.75 Å². The highest BCUT2D eigenvalue weighted by Gasteiger charge is 2.46. The van der Waals surface area contributed by atoms with Gasteiger partial charge in [0.2, 0.25) is 0 Å². The number of hydrogen-bond acceptors (Lipinski definition) is 4. The average molecular weight is 637 g/mol. The van der Waals surface area contributed by atoms with Crippen LogP contribution in [0.3, 0.4) is 0 Å². The standard InChI is InChI=1S/C30H31F3INO3/c31-30(32,33)37-27-4-2-1-3-24(27)28-26(29(38-35-28)20-9-10-20)17-36-23-14-11-19(25-16-21(25)15-23)8-5-18-6-12-22(34)13-7-18/h1-4,6-7,12-13,19-21,23,25H,5,8-11,14-17H2/t19?,21-,23+,25?/m0/s1. The van der Waals surface area contributed by atoms with Crippen molar-refractivity contribution in [2.45, 2.75) is 76.4 Å². The maximum atomic E-state index is 13.1. The van der Waals surface area contributed by atoms with Gasteiger partial charge in [0.05, 0.1) is 12.7 Å². The van der Waals surface area contributed by atoms with Gasteiger partial charge in [-0.3, -0.25) is 0 Å². The van der Waals surface area contributed by atoms with Crippen molar-refractivity contribution in [2.75, 3.05) is 0 Å². The molecule has 1 heterocycles. The Hall–Kier alpha value is -2.07. The second-order valence-corrected chi connectivity index (χ2v) is 12.3.